The highest BCUT2D eigenvalue weighted by atomic mass is 32.1. The van der Waals surface area contributed by atoms with Gasteiger partial charge in [-0.05, 0) is 18.1 Å². The third-order valence-electron chi connectivity index (χ3n) is 4.36. The molecule has 0 radical (unpaired) electrons. The highest BCUT2D eigenvalue weighted by Gasteiger charge is 2.14. The van der Waals surface area contributed by atoms with Crippen molar-refractivity contribution in [2.24, 2.45) is 4.99 Å². The summed E-state index contributed by atoms with van der Waals surface area (Å²) in [4.78, 5) is 9.88. The van der Waals surface area contributed by atoms with Crippen LogP contribution in [0.15, 0.2) is 71.2 Å². The Balaban J connectivity index is 1.68. The minimum atomic E-state index is 0.265. The lowest BCUT2D eigenvalue weighted by atomic mass is 9.91. The van der Waals surface area contributed by atoms with E-state index in [4.69, 9.17) is 0 Å². The minimum Gasteiger partial charge on any atom is -0.355 e. The van der Waals surface area contributed by atoms with Gasteiger partial charge in [-0.15, -0.1) is 11.3 Å². The number of aryl methyl sites for hydroxylation is 1. The monoisotopic (exact) mass is 364 g/mol. The summed E-state index contributed by atoms with van der Waals surface area (Å²) in [5, 5.41) is 6.85. The molecule has 2 N–H and O–H groups in total. The second-order valence-electron chi connectivity index (χ2n) is 6.04. The van der Waals surface area contributed by atoms with Crippen molar-refractivity contribution in [1.29, 1.82) is 0 Å². The van der Waals surface area contributed by atoms with Gasteiger partial charge in [0.05, 0.1) is 17.7 Å². The third kappa shape index (κ3) is 4.70. The number of aromatic nitrogens is 1. The second kappa shape index (κ2) is 9.15. The summed E-state index contributed by atoms with van der Waals surface area (Å²) >= 11 is 1.66. The van der Waals surface area contributed by atoms with E-state index in [1.165, 1.54) is 16.0 Å². The van der Waals surface area contributed by atoms with Crippen molar-refractivity contribution in [3.8, 4) is 0 Å². The molecule has 3 aromatic rings. The average molecular weight is 365 g/mol. The molecule has 26 heavy (non-hydrogen) atoms. The number of hydrogen-bond acceptors (Lipinski definition) is 3. The number of hydrogen-bond donors (Lipinski definition) is 2. The first kappa shape index (κ1) is 18.1. The van der Waals surface area contributed by atoms with E-state index >= 15 is 0 Å². The fraction of sp³-hybridized carbons (Fsp3) is 0.238. The van der Waals surface area contributed by atoms with Crippen molar-refractivity contribution in [1.82, 2.24) is 15.6 Å². The van der Waals surface area contributed by atoms with Crippen LogP contribution in [-0.2, 0) is 6.54 Å². The van der Waals surface area contributed by atoms with Crippen molar-refractivity contribution in [2.75, 3.05) is 13.6 Å². The fourth-order valence-corrected chi connectivity index (χ4v) is 3.59. The van der Waals surface area contributed by atoms with Gasteiger partial charge in [0.25, 0.3) is 0 Å². The lowest BCUT2D eigenvalue weighted by Gasteiger charge is -2.20. The van der Waals surface area contributed by atoms with Crippen molar-refractivity contribution in [3.05, 3.63) is 87.9 Å². The predicted molar refractivity (Wildman–Crippen MR) is 110 cm³/mol. The quantitative estimate of drug-likeness (QED) is 0.514. The van der Waals surface area contributed by atoms with E-state index in [-0.39, 0.29) is 5.92 Å². The molecule has 4 nitrogen and oxygen atoms in total. The van der Waals surface area contributed by atoms with Gasteiger partial charge in [-0.2, -0.15) is 0 Å². The molecular weight excluding hydrogens is 340 g/mol. The van der Waals surface area contributed by atoms with Crippen LogP contribution in [0.5, 0.6) is 0 Å². The van der Waals surface area contributed by atoms with Gasteiger partial charge < -0.3 is 10.6 Å². The zero-order chi connectivity index (χ0) is 18.2. The van der Waals surface area contributed by atoms with Gasteiger partial charge in [0.1, 0.15) is 0 Å². The smallest absolute Gasteiger partial charge is 0.191 e. The molecule has 5 heteroatoms. The molecule has 1 heterocycles. The van der Waals surface area contributed by atoms with E-state index in [1.807, 2.05) is 12.4 Å². The summed E-state index contributed by atoms with van der Waals surface area (Å²) in [7, 11) is 1.80. The molecule has 0 atom stereocenters. The van der Waals surface area contributed by atoms with Crippen molar-refractivity contribution in [3.63, 3.8) is 0 Å². The van der Waals surface area contributed by atoms with E-state index in [0.717, 1.165) is 24.7 Å². The van der Waals surface area contributed by atoms with E-state index < -0.39 is 0 Å². The Morgan fingerprint density at radius 1 is 1.00 bits per heavy atom. The summed E-state index contributed by atoms with van der Waals surface area (Å²) in [5.41, 5.74) is 5.54. The number of benzene rings is 2. The van der Waals surface area contributed by atoms with Crippen LogP contribution in [0.1, 0.15) is 27.6 Å². The van der Waals surface area contributed by atoms with Crippen LogP contribution in [0.3, 0.4) is 0 Å². The van der Waals surface area contributed by atoms with Gasteiger partial charge in [-0.1, -0.05) is 60.7 Å². The molecule has 0 aliphatic rings. The first-order valence-corrected chi connectivity index (χ1v) is 9.59. The molecule has 0 aliphatic carbocycles. The van der Waals surface area contributed by atoms with Crippen molar-refractivity contribution >= 4 is 17.3 Å². The Bertz CT molecular complexity index is 788. The summed E-state index contributed by atoms with van der Waals surface area (Å²) in [5.74, 6) is 1.07. The topological polar surface area (TPSA) is 49.3 Å². The van der Waals surface area contributed by atoms with Crippen molar-refractivity contribution in [2.45, 2.75) is 19.4 Å². The Morgan fingerprint density at radius 2 is 1.62 bits per heavy atom. The normalized spacial score (nSPS) is 11.6. The number of nitrogens with zero attached hydrogens (tertiary/aromatic N) is 2. The van der Waals surface area contributed by atoms with Crippen LogP contribution in [-0.4, -0.2) is 24.5 Å². The molecule has 0 unspecified atom stereocenters. The highest BCUT2D eigenvalue weighted by Crippen LogP contribution is 2.23. The Labute approximate surface area is 159 Å². The molecule has 0 spiro atoms. The van der Waals surface area contributed by atoms with Crippen LogP contribution >= 0.6 is 11.3 Å². The summed E-state index contributed by atoms with van der Waals surface area (Å²) < 4.78 is 0. The van der Waals surface area contributed by atoms with Crippen LogP contribution < -0.4 is 10.6 Å². The SMILES string of the molecule is CN=C(NCc1scnc1C)NCC(c1ccccc1)c1ccccc1. The molecule has 0 bridgehead atoms. The number of rotatable bonds is 6. The van der Waals surface area contributed by atoms with Crippen LogP contribution in [0, 0.1) is 6.92 Å². The van der Waals surface area contributed by atoms with Crippen LogP contribution in [0.4, 0.5) is 0 Å². The molecule has 2 aromatic carbocycles. The first-order valence-electron chi connectivity index (χ1n) is 8.71. The van der Waals surface area contributed by atoms with Gasteiger partial charge in [-0.25, -0.2) is 4.98 Å². The first-order chi connectivity index (χ1) is 12.8. The standard InChI is InChI=1S/C21H24N4S/c1-16-20(26-15-25-16)14-24-21(22-2)23-13-19(17-9-5-3-6-10-17)18-11-7-4-8-12-18/h3-12,15,19H,13-14H2,1-2H3,(H2,22,23,24). The maximum absolute atomic E-state index is 4.36. The Hall–Kier alpha value is -2.66. The number of guanidine groups is 1. The molecule has 0 saturated carbocycles. The molecule has 1 aromatic heterocycles. The van der Waals surface area contributed by atoms with Gasteiger partial charge in [-0.3, -0.25) is 4.99 Å². The van der Waals surface area contributed by atoms with E-state index in [2.05, 4.69) is 81.3 Å². The van der Waals surface area contributed by atoms with E-state index in [1.54, 1.807) is 18.4 Å². The van der Waals surface area contributed by atoms with Gasteiger partial charge in [0, 0.05) is 24.4 Å². The number of nitrogens with one attached hydrogen (secondary N) is 2. The molecule has 0 aliphatic heterocycles. The molecule has 0 fully saturated rings. The molecule has 0 amide bonds. The average Bonchev–Trinajstić information content (AvgIpc) is 3.11. The lowest BCUT2D eigenvalue weighted by molar-refractivity contribution is 0.729. The minimum absolute atomic E-state index is 0.265. The lowest BCUT2D eigenvalue weighted by Crippen LogP contribution is -2.39. The summed E-state index contributed by atoms with van der Waals surface area (Å²) in [6.45, 7) is 3.54. The van der Waals surface area contributed by atoms with Gasteiger partial charge in [0.2, 0.25) is 0 Å². The predicted octanol–water partition coefficient (Wildman–Crippen LogP) is 3.95. The van der Waals surface area contributed by atoms with Crippen LogP contribution in [0.2, 0.25) is 0 Å². The Kier molecular flexibility index (Phi) is 6.39. The second-order valence-corrected chi connectivity index (χ2v) is 6.98. The molecule has 0 saturated heterocycles. The number of aliphatic imine (C=N–C) groups is 1. The van der Waals surface area contributed by atoms with Gasteiger partial charge in [0.15, 0.2) is 5.96 Å². The van der Waals surface area contributed by atoms with E-state index in [0.29, 0.717) is 0 Å². The zero-order valence-electron chi connectivity index (χ0n) is 15.1. The van der Waals surface area contributed by atoms with Crippen LogP contribution in [0.25, 0.3) is 0 Å². The van der Waals surface area contributed by atoms with E-state index in [9.17, 15) is 0 Å². The summed E-state index contributed by atoms with van der Waals surface area (Å²) in [6.07, 6.45) is 0. The fourth-order valence-electron chi connectivity index (χ4n) is 2.88. The van der Waals surface area contributed by atoms with Gasteiger partial charge >= 0.3 is 0 Å². The maximum Gasteiger partial charge on any atom is 0.191 e. The molecule has 134 valence electrons. The van der Waals surface area contributed by atoms with Crippen molar-refractivity contribution < 1.29 is 0 Å². The third-order valence-corrected chi connectivity index (χ3v) is 5.30. The molecule has 3 rings (SSSR count). The maximum atomic E-state index is 4.36. The Morgan fingerprint density at radius 3 is 2.12 bits per heavy atom. The summed E-state index contributed by atoms with van der Waals surface area (Å²) in [6, 6.07) is 21.2. The zero-order valence-corrected chi connectivity index (χ0v) is 16.0. The largest absolute Gasteiger partial charge is 0.355 e. The highest BCUT2D eigenvalue weighted by molar-refractivity contribution is 7.09. The molecular formula is C21H24N4S. The number of thiazole rings is 1.